The van der Waals surface area contributed by atoms with Crippen molar-refractivity contribution in [3.05, 3.63) is 83.0 Å². The van der Waals surface area contributed by atoms with E-state index in [-0.39, 0.29) is 5.91 Å². The number of hydrogen-bond acceptors (Lipinski definition) is 4. The Morgan fingerprint density at radius 2 is 1.81 bits per heavy atom. The molecule has 2 aromatic carbocycles. The van der Waals surface area contributed by atoms with Gasteiger partial charge >= 0.3 is 0 Å². The Morgan fingerprint density at radius 3 is 2.56 bits per heavy atom. The van der Waals surface area contributed by atoms with Gasteiger partial charge in [-0.25, -0.2) is 4.98 Å². The number of nitrogens with zero attached hydrogens (tertiary/aromatic N) is 1. The van der Waals surface area contributed by atoms with E-state index in [4.69, 9.17) is 4.74 Å². The lowest BCUT2D eigenvalue weighted by molar-refractivity contribution is 0.0951. The molecule has 0 aliphatic carbocycles. The molecule has 0 aliphatic heterocycles. The first-order chi connectivity index (χ1) is 13.0. The van der Waals surface area contributed by atoms with Crippen molar-refractivity contribution in [2.24, 2.45) is 0 Å². The van der Waals surface area contributed by atoms with E-state index >= 15 is 0 Å². The van der Waals surface area contributed by atoms with Crippen LogP contribution in [0.4, 0.5) is 11.5 Å². The molecule has 1 heterocycles. The van der Waals surface area contributed by atoms with E-state index in [0.29, 0.717) is 17.9 Å². The van der Waals surface area contributed by atoms with Crippen LogP contribution < -0.4 is 15.4 Å². The number of pyridine rings is 1. The van der Waals surface area contributed by atoms with Gasteiger partial charge in [-0.05, 0) is 60.9 Å². The Balaban J connectivity index is 1.66. The van der Waals surface area contributed by atoms with Gasteiger partial charge in [-0.1, -0.05) is 24.3 Å². The molecular weight excluding hydrogens is 338 g/mol. The summed E-state index contributed by atoms with van der Waals surface area (Å²) < 4.78 is 5.14. The number of rotatable bonds is 6. The fourth-order valence-corrected chi connectivity index (χ4v) is 2.68. The van der Waals surface area contributed by atoms with Gasteiger partial charge in [0.25, 0.3) is 5.91 Å². The molecule has 3 rings (SSSR count). The minimum absolute atomic E-state index is 0.141. The molecule has 1 aromatic heterocycles. The monoisotopic (exact) mass is 361 g/mol. The summed E-state index contributed by atoms with van der Waals surface area (Å²) in [5, 5.41) is 6.22. The topological polar surface area (TPSA) is 63.2 Å². The Bertz CT molecular complexity index is 937. The van der Waals surface area contributed by atoms with E-state index in [1.54, 1.807) is 25.4 Å². The van der Waals surface area contributed by atoms with Crippen LogP contribution in [0.1, 0.15) is 27.0 Å². The van der Waals surface area contributed by atoms with Gasteiger partial charge in [0.05, 0.1) is 7.11 Å². The molecule has 0 spiro atoms. The second-order valence-corrected chi connectivity index (χ2v) is 6.40. The van der Waals surface area contributed by atoms with Gasteiger partial charge in [0.2, 0.25) is 0 Å². The molecule has 0 saturated heterocycles. The lowest BCUT2D eigenvalue weighted by Gasteiger charge is -2.11. The third-order valence-electron chi connectivity index (χ3n) is 4.29. The summed E-state index contributed by atoms with van der Waals surface area (Å²) in [4.78, 5) is 16.8. The van der Waals surface area contributed by atoms with Crippen molar-refractivity contribution in [3.63, 3.8) is 0 Å². The summed E-state index contributed by atoms with van der Waals surface area (Å²) in [5.41, 5.74) is 4.84. The smallest absolute Gasteiger partial charge is 0.251 e. The molecule has 2 N–H and O–H groups in total. The quantitative estimate of drug-likeness (QED) is 0.684. The van der Waals surface area contributed by atoms with Gasteiger partial charge in [-0.2, -0.15) is 0 Å². The summed E-state index contributed by atoms with van der Waals surface area (Å²) in [7, 11) is 1.63. The van der Waals surface area contributed by atoms with Crippen LogP contribution in [0.3, 0.4) is 0 Å². The molecule has 1 amide bonds. The van der Waals surface area contributed by atoms with E-state index in [1.807, 2.05) is 38.1 Å². The number of ether oxygens (including phenoxy) is 1. The third kappa shape index (κ3) is 4.85. The van der Waals surface area contributed by atoms with Crippen LogP contribution in [0.15, 0.2) is 60.8 Å². The highest BCUT2D eigenvalue weighted by Crippen LogP contribution is 2.21. The normalized spacial score (nSPS) is 10.3. The highest BCUT2D eigenvalue weighted by atomic mass is 16.5. The molecule has 5 nitrogen and oxygen atoms in total. The number of anilines is 2. The second kappa shape index (κ2) is 8.36. The zero-order chi connectivity index (χ0) is 19.2. The van der Waals surface area contributed by atoms with Crippen molar-refractivity contribution in [1.82, 2.24) is 10.3 Å². The Kier molecular flexibility index (Phi) is 5.71. The van der Waals surface area contributed by atoms with Crippen LogP contribution in [0, 0.1) is 13.8 Å². The molecule has 27 heavy (non-hydrogen) atoms. The molecule has 0 bridgehead atoms. The fourth-order valence-electron chi connectivity index (χ4n) is 2.68. The molecule has 138 valence electrons. The maximum atomic E-state index is 12.5. The van der Waals surface area contributed by atoms with Crippen LogP contribution in [0.5, 0.6) is 5.75 Å². The summed E-state index contributed by atoms with van der Waals surface area (Å²) in [6.45, 7) is 4.53. The average Bonchev–Trinajstić information content (AvgIpc) is 2.69. The van der Waals surface area contributed by atoms with Gasteiger partial charge in [0.15, 0.2) is 0 Å². The van der Waals surface area contributed by atoms with Crippen molar-refractivity contribution in [2.45, 2.75) is 20.4 Å². The number of benzene rings is 2. The Labute approximate surface area is 159 Å². The van der Waals surface area contributed by atoms with Crippen LogP contribution in [0.25, 0.3) is 0 Å². The number of carbonyl (C=O) groups excluding carboxylic acids is 1. The van der Waals surface area contributed by atoms with Crippen LogP contribution in [0.2, 0.25) is 0 Å². The number of aromatic nitrogens is 1. The Morgan fingerprint density at radius 1 is 1.04 bits per heavy atom. The standard InChI is InChI=1S/C22H23N3O2/c1-15-4-5-16(2)20(12-15)25-21-13-18(10-11-23-21)22(26)24-14-17-6-8-19(27-3)9-7-17/h4-13H,14H2,1-3H3,(H,23,25)(H,24,26). The summed E-state index contributed by atoms with van der Waals surface area (Å²) in [5.74, 6) is 1.29. The van der Waals surface area contributed by atoms with E-state index in [1.165, 1.54) is 0 Å². The minimum atomic E-state index is -0.141. The molecule has 0 radical (unpaired) electrons. The van der Waals surface area contributed by atoms with Crippen molar-refractivity contribution >= 4 is 17.4 Å². The second-order valence-electron chi connectivity index (χ2n) is 6.40. The number of nitrogens with one attached hydrogen (secondary N) is 2. The predicted octanol–water partition coefficient (Wildman–Crippen LogP) is 4.38. The molecule has 3 aromatic rings. The number of amides is 1. The largest absolute Gasteiger partial charge is 0.497 e. The molecular formula is C22H23N3O2. The Hall–Kier alpha value is -3.34. The SMILES string of the molecule is COc1ccc(CNC(=O)c2ccnc(Nc3cc(C)ccc3C)c2)cc1. The van der Waals surface area contributed by atoms with Crippen molar-refractivity contribution in [2.75, 3.05) is 12.4 Å². The van der Waals surface area contributed by atoms with E-state index in [0.717, 1.165) is 28.1 Å². The lowest BCUT2D eigenvalue weighted by Crippen LogP contribution is -2.22. The van der Waals surface area contributed by atoms with Gasteiger partial charge in [0, 0.05) is 24.0 Å². The average molecular weight is 361 g/mol. The minimum Gasteiger partial charge on any atom is -0.497 e. The summed E-state index contributed by atoms with van der Waals surface area (Å²) in [6, 6.07) is 17.3. The van der Waals surface area contributed by atoms with Gasteiger partial charge < -0.3 is 15.4 Å². The molecule has 5 heteroatoms. The summed E-state index contributed by atoms with van der Waals surface area (Å²) >= 11 is 0. The maximum absolute atomic E-state index is 12.5. The van der Waals surface area contributed by atoms with Crippen LogP contribution in [-0.4, -0.2) is 18.0 Å². The fraction of sp³-hybridized carbons (Fsp3) is 0.182. The highest BCUT2D eigenvalue weighted by Gasteiger charge is 2.08. The van der Waals surface area contributed by atoms with Crippen molar-refractivity contribution < 1.29 is 9.53 Å². The number of carbonyl (C=O) groups is 1. The van der Waals surface area contributed by atoms with Gasteiger partial charge in [-0.3, -0.25) is 4.79 Å². The zero-order valence-electron chi connectivity index (χ0n) is 15.7. The van der Waals surface area contributed by atoms with E-state index in [2.05, 4.69) is 33.8 Å². The van der Waals surface area contributed by atoms with Crippen LogP contribution >= 0.6 is 0 Å². The summed E-state index contributed by atoms with van der Waals surface area (Å²) in [6.07, 6.45) is 1.63. The van der Waals surface area contributed by atoms with Gasteiger partial charge in [0.1, 0.15) is 11.6 Å². The van der Waals surface area contributed by atoms with E-state index < -0.39 is 0 Å². The van der Waals surface area contributed by atoms with Crippen molar-refractivity contribution in [3.8, 4) is 5.75 Å². The lowest BCUT2D eigenvalue weighted by atomic mass is 10.1. The number of aryl methyl sites for hydroxylation is 2. The zero-order valence-corrected chi connectivity index (χ0v) is 15.7. The highest BCUT2D eigenvalue weighted by molar-refractivity contribution is 5.94. The van der Waals surface area contributed by atoms with E-state index in [9.17, 15) is 4.79 Å². The van der Waals surface area contributed by atoms with Crippen LogP contribution in [-0.2, 0) is 6.54 Å². The third-order valence-corrected chi connectivity index (χ3v) is 4.29. The number of methoxy groups -OCH3 is 1. The first-order valence-electron chi connectivity index (χ1n) is 8.76. The van der Waals surface area contributed by atoms with Gasteiger partial charge in [-0.15, -0.1) is 0 Å². The molecule has 0 unspecified atom stereocenters. The molecule has 0 saturated carbocycles. The first-order valence-corrected chi connectivity index (χ1v) is 8.76. The first kappa shape index (κ1) is 18.5. The maximum Gasteiger partial charge on any atom is 0.251 e. The molecule has 0 aliphatic rings. The number of hydrogen-bond donors (Lipinski definition) is 2. The van der Waals surface area contributed by atoms with Crippen molar-refractivity contribution in [1.29, 1.82) is 0 Å². The molecule has 0 fully saturated rings. The predicted molar refractivity (Wildman–Crippen MR) is 108 cm³/mol. The molecule has 0 atom stereocenters.